The fourth-order valence-electron chi connectivity index (χ4n) is 13.5. The zero-order chi connectivity index (χ0) is 75.9. The van der Waals surface area contributed by atoms with E-state index in [1.54, 1.807) is 109 Å². The van der Waals surface area contributed by atoms with Gasteiger partial charge in [-0.15, -0.1) is 0 Å². The van der Waals surface area contributed by atoms with Crippen LogP contribution in [0.4, 0.5) is 14.4 Å². The molecular weight excluding hydrogens is 1370 g/mol. The minimum atomic E-state index is -1.39. The van der Waals surface area contributed by atoms with Crippen molar-refractivity contribution in [2.45, 2.75) is 96.9 Å². The van der Waals surface area contributed by atoms with Crippen molar-refractivity contribution in [1.29, 1.82) is 0 Å². The van der Waals surface area contributed by atoms with Crippen LogP contribution in [0.1, 0.15) is 94.2 Å². The summed E-state index contributed by atoms with van der Waals surface area (Å²) < 4.78 is 50.7. The van der Waals surface area contributed by atoms with Gasteiger partial charge >= 0.3 is 18.3 Å². The smallest absolute Gasteiger partial charge is 0.415 e. The summed E-state index contributed by atoms with van der Waals surface area (Å²) >= 11 is 0. The normalized spacial score (nSPS) is 17.1. The van der Waals surface area contributed by atoms with Gasteiger partial charge in [0.15, 0.2) is 0 Å². The highest BCUT2D eigenvalue weighted by Gasteiger charge is 2.49. The molecule has 0 aliphatic carbocycles. The quantitative estimate of drug-likeness (QED) is 0.0566. The molecule has 3 saturated heterocycles. The number of ether oxygens (including phenoxy) is 9. The molecule has 5 heterocycles. The van der Waals surface area contributed by atoms with Crippen LogP contribution in [0.3, 0.4) is 0 Å². The van der Waals surface area contributed by atoms with E-state index in [0.29, 0.717) is 33.9 Å². The average molecular weight is 1450 g/mol. The molecule has 0 spiro atoms. The van der Waals surface area contributed by atoms with Gasteiger partial charge in [-0.25, -0.2) is 14.4 Å². The van der Waals surface area contributed by atoms with E-state index in [1.165, 1.54) is 0 Å². The van der Waals surface area contributed by atoms with Crippen molar-refractivity contribution < 1.29 is 71.4 Å². The third kappa shape index (κ3) is 15.2. The summed E-state index contributed by atoms with van der Waals surface area (Å²) in [5.41, 5.74) is 7.80. The molecule has 10 aromatic carbocycles. The number of imide groups is 3. The summed E-state index contributed by atoms with van der Waals surface area (Å²) in [6.07, 6.45) is 6.69. The van der Waals surface area contributed by atoms with Crippen molar-refractivity contribution in [3.05, 3.63) is 258 Å². The van der Waals surface area contributed by atoms with Crippen molar-refractivity contribution in [3.63, 3.8) is 0 Å². The van der Waals surface area contributed by atoms with Crippen LogP contribution < -0.4 is 44.4 Å². The molecular formula is C88H79N5O15. The van der Waals surface area contributed by atoms with Gasteiger partial charge in [0.2, 0.25) is 16.8 Å². The lowest BCUT2D eigenvalue weighted by atomic mass is 9.95. The van der Waals surface area contributed by atoms with Gasteiger partial charge in [-0.3, -0.25) is 40.3 Å². The number of cyclic esters (lactones) is 3. The van der Waals surface area contributed by atoms with E-state index < -0.39 is 52.8 Å². The molecule has 0 saturated carbocycles. The summed E-state index contributed by atoms with van der Waals surface area (Å²) in [7, 11) is 4.97. The van der Waals surface area contributed by atoms with Crippen LogP contribution >= 0.6 is 0 Å². The van der Waals surface area contributed by atoms with E-state index in [1.807, 2.05) is 109 Å². The fourth-order valence-corrected chi connectivity index (χ4v) is 13.5. The van der Waals surface area contributed by atoms with Crippen molar-refractivity contribution >= 4 is 68.4 Å². The molecule has 20 heteroatoms. The zero-order valence-electron chi connectivity index (χ0n) is 61.1. The number of amides is 6. The Morgan fingerprint density at radius 2 is 0.731 bits per heavy atom. The molecule has 3 atom stereocenters. The maximum Gasteiger partial charge on any atom is 0.415 e. The van der Waals surface area contributed by atoms with Crippen LogP contribution in [0, 0.1) is 0 Å². The first-order chi connectivity index (χ1) is 52.2. The Morgan fingerprint density at radius 3 is 1.16 bits per heavy atom. The Morgan fingerprint density at radius 1 is 0.352 bits per heavy atom. The molecule has 108 heavy (non-hydrogen) atoms. The van der Waals surface area contributed by atoms with Crippen molar-refractivity contribution in [2.75, 3.05) is 21.3 Å². The molecule has 3 aliphatic rings. The first-order valence-electron chi connectivity index (χ1n) is 35.5. The third-order valence-corrected chi connectivity index (χ3v) is 19.3. The third-order valence-electron chi connectivity index (χ3n) is 19.3. The number of fused-ring (bicyclic) bond motifs is 3. The number of nitrogens with one attached hydrogen (secondary N) is 3. The number of alkyl carbamates (subject to hydrolysis) is 3. The number of nitrogens with zero attached hydrogens (tertiary/aromatic N) is 2. The number of pyridine rings is 2. The largest absolute Gasteiger partial charge is 0.497 e. The molecule has 0 bridgehead atoms. The van der Waals surface area contributed by atoms with E-state index >= 15 is 0 Å². The monoisotopic (exact) mass is 1450 g/mol. The second kappa shape index (κ2) is 31.3. The molecule has 3 aliphatic heterocycles. The van der Waals surface area contributed by atoms with Crippen LogP contribution in [0.5, 0.6) is 51.7 Å². The van der Waals surface area contributed by atoms with Gasteiger partial charge in [0, 0.05) is 51.5 Å². The Hall–Kier alpha value is -13.1. The van der Waals surface area contributed by atoms with E-state index in [2.05, 4.69) is 95.2 Å². The Kier molecular flexibility index (Phi) is 21.2. The summed E-state index contributed by atoms with van der Waals surface area (Å²) in [5.74, 6) is 4.77. The molecule has 2 aromatic heterocycles. The number of hydrogen-bond donors (Lipinski definition) is 3. The van der Waals surface area contributed by atoms with E-state index in [9.17, 15) is 28.8 Å². The molecule has 0 radical (unpaired) electrons. The lowest BCUT2D eigenvalue weighted by Gasteiger charge is -2.20. The topological polar surface area (TPSA) is 247 Å². The van der Waals surface area contributed by atoms with Gasteiger partial charge in [0.05, 0.1) is 32.5 Å². The summed E-state index contributed by atoms with van der Waals surface area (Å²) in [5, 5.41) is 12.0. The van der Waals surface area contributed by atoms with Gasteiger partial charge in [-0.05, 0) is 229 Å². The zero-order valence-corrected chi connectivity index (χ0v) is 61.1. The fraction of sp³-hybridized carbons (Fsp3) is 0.205. The predicted molar refractivity (Wildman–Crippen MR) is 411 cm³/mol. The van der Waals surface area contributed by atoms with E-state index in [4.69, 9.17) is 42.6 Å². The van der Waals surface area contributed by atoms with Crippen LogP contribution in [-0.4, -0.2) is 67.3 Å². The highest BCUT2D eigenvalue weighted by molar-refractivity contribution is 6.05. The summed E-state index contributed by atoms with van der Waals surface area (Å²) in [6.45, 7) is 11.1. The van der Waals surface area contributed by atoms with Gasteiger partial charge < -0.3 is 42.6 Å². The SMILES string of the molecule is CCCc1cc(-c2cccc3cc(OC)ccc23)ccc1Oc1cccc([C@@]2(C)OC(=O)NC2=O)c1.CCCc1cc(-c2ccnc3cc(OC)ccc23)ccc1Oc1cccc([C@@]2(C)OC(=O)NC2=O)c1.CCCc1cc(-c2nccc3cc(OC)ccc23)ccc1Oc1cccc([C@@]2(C)OC(=O)NC2=O)c1. The summed E-state index contributed by atoms with van der Waals surface area (Å²) in [6, 6.07) is 67.8. The molecule has 20 nitrogen and oxygen atoms in total. The number of rotatable bonds is 21. The molecule has 3 fully saturated rings. The molecule has 3 N–H and O–H groups in total. The van der Waals surface area contributed by atoms with Crippen molar-refractivity contribution in [3.8, 4) is 85.3 Å². The Labute approximate surface area is 624 Å². The van der Waals surface area contributed by atoms with Gasteiger partial charge in [0.25, 0.3) is 17.7 Å². The Balaban J connectivity index is 0.000000143. The van der Waals surface area contributed by atoms with Gasteiger partial charge in [0.1, 0.15) is 51.7 Å². The lowest BCUT2D eigenvalue weighted by Crippen LogP contribution is -2.33. The number of carbonyl (C=O) groups is 6. The predicted octanol–water partition coefficient (Wildman–Crippen LogP) is 19.0. The second-order valence-corrected chi connectivity index (χ2v) is 26.6. The second-order valence-electron chi connectivity index (χ2n) is 26.6. The average Bonchev–Trinajstić information content (AvgIpc) is 1.45. The molecule has 12 aromatic rings. The number of benzene rings is 10. The molecule has 6 amide bonds. The lowest BCUT2D eigenvalue weighted by molar-refractivity contribution is -0.131. The van der Waals surface area contributed by atoms with Crippen molar-refractivity contribution in [2.24, 2.45) is 0 Å². The minimum Gasteiger partial charge on any atom is -0.497 e. The Bertz CT molecular complexity index is 4980. The van der Waals surface area contributed by atoms with Crippen LogP contribution in [0.2, 0.25) is 0 Å². The first-order valence-corrected chi connectivity index (χ1v) is 35.5. The van der Waals surface area contributed by atoms with Crippen LogP contribution in [-0.2, 0) is 64.7 Å². The number of aryl methyl sites for hydroxylation is 3. The highest BCUT2D eigenvalue weighted by Crippen LogP contribution is 2.42. The maximum atomic E-state index is 12.3. The van der Waals surface area contributed by atoms with Gasteiger partial charge in [-0.1, -0.05) is 113 Å². The number of methoxy groups -OCH3 is 3. The summed E-state index contributed by atoms with van der Waals surface area (Å²) in [4.78, 5) is 80.9. The van der Waals surface area contributed by atoms with Crippen LogP contribution in [0.15, 0.2) is 225 Å². The van der Waals surface area contributed by atoms with Crippen LogP contribution in [0.25, 0.3) is 66.0 Å². The van der Waals surface area contributed by atoms with E-state index in [0.717, 1.165) is 156 Å². The van der Waals surface area contributed by atoms with Gasteiger partial charge in [-0.2, -0.15) is 0 Å². The molecule has 0 unspecified atom stereocenters. The first kappa shape index (κ1) is 73.2. The standard InChI is InChI=1S/C30H27NO5.2C29H26N2O5/c1-4-7-21-16-20(25-11-5-8-19-17-23(34-3)13-14-26(19)25)12-15-27(21)35-24-10-6-9-22(18-24)30(2)28(32)31-29(33)36-30;1-4-6-19-15-20(26-24-11-10-22(34-3)16-18(24)13-14-30-26)9-12-25(19)35-23-8-5-7-21(17-23)29(2)27(32)31-28(33)36-29;1-4-6-19-15-18(23-13-14-30-25-17-21(34-3)10-11-24(23)25)9-12-26(19)35-22-8-5-7-20(16-22)29(2)27(32)31-28(33)36-29/h5-6,8-18H,4,7H2,1-3H3,(H,31,32,33);2*5,7-17H,4,6H2,1-3H3,(H,31,32,33)/t30-;2*29-/m111/s1. The van der Waals surface area contributed by atoms with Crippen molar-refractivity contribution in [1.82, 2.24) is 25.9 Å². The van der Waals surface area contributed by atoms with E-state index in [-0.39, 0.29) is 0 Å². The number of aromatic nitrogens is 2. The molecule has 15 rings (SSSR count). The number of carbonyl (C=O) groups excluding carboxylic acids is 6. The molecule has 546 valence electrons. The minimum absolute atomic E-state index is 0.492. The highest BCUT2D eigenvalue weighted by atomic mass is 16.6. The maximum absolute atomic E-state index is 12.3. The number of hydrogen-bond acceptors (Lipinski definition) is 17.